The zero-order valence-corrected chi connectivity index (χ0v) is 18.2. The van der Waals surface area contributed by atoms with E-state index in [4.69, 9.17) is 19.2 Å². The molecule has 3 aromatic rings. The number of nitrogens with zero attached hydrogens (tertiary/aromatic N) is 3. The molecular weight excluding hydrogens is 402 g/mol. The molecule has 1 aliphatic heterocycles. The summed E-state index contributed by atoms with van der Waals surface area (Å²) in [6.07, 6.45) is 0. The minimum atomic E-state index is 0.00351. The fourth-order valence-electron chi connectivity index (χ4n) is 3.50. The Bertz CT molecular complexity index is 1000. The molecule has 1 fully saturated rings. The number of methoxy groups -OCH3 is 2. The van der Waals surface area contributed by atoms with Gasteiger partial charge in [0, 0.05) is 26.2 Å². The molecule has 1 aliphatic rings. The Kier molecular flexibility index (Phi) is 5.94. The van der Waals surface area contributed by atoms with Crippen LogP contribution in [-0.2, 0) is 4.79 Å². The molecule has 0 saturated carbocycles. The van der Waals surface area contributed by atoms with Crippen molar-refractivity contribution in [1.29, 1.82) is 0 Å². The molecule has 0 atom stereocenters. The number of fused-ring (bicyclic) bond motifs is 1. The molecule has 7 nitrogen and oxygen atoms in total. The molecule has 2 heterocycles. The molecule has 30 heavy (non-hydrogen) atoms. The van der Waals surface area contributed by atoms with Crippen molar-refractivity contribution in [1.82, 2.24) is 9.88 Å². The Morgan fingerprint density at radius 1 is 1.07 bits per heavy atom. The maximum absolute atomic E-state index is 12.5. The van der Waals surface area contributed by atoms with Crippen LogP contribution in [0.15, 0.2) is 36.4 Å². The summed E-state index contributed by atoms with van der Waals surface area (Å²) in [7, 11) is 3.30. The zero-order chi connectivity index (χ0) is 21.1. The zero-order valence-electron chi connectivity index (χ0n) is 17.4. The second kappa shape index (κ2) is 8.79. The van der Waals surface area contributed by atoms with Crippen molar-refractivity contribution in [2.45, 2.75) is 6.92 Å². The Morgan fingerprint density at radius 3 is 2.50 bits per heavy atom. The first kappa shape index (κ1) is 20.3. The number of anilines is 1. The van der Waals surface area contributed by atoms with Gasteiger partial charge in [-0.1, -0.05) is 23.5 Å². The van der Waals surface area contributed by atoms with Crippen molar-refractivity contribution < 1.29 is 19.0 Å². The van der Waals surface area contributed by atoms with Gasteiger partial charge in [-0.25, -0.2) is 4.98 Å². The van der Waals surface area contributed by atoms with E-state index in [-0.39, 0.29) is 12.5 Å². The van der Waals surface area contributed by atoms with Crippen LogP contribution in [0.3, 0.4) is 0 Å². The minimum absolute atomic E-state index is 0.00351. The van der Waals surface area contributed by atoms with Crippen LogP contribution in [0.1, 0.15) is 5.56 Å². The third kappa shape index (κ3) is 4.14. The Morgan fingerprint density at radius 2 is 1.80 bits per heavy atom. The highest BCUT2D eigenvalue weighted by Crippen LogP contribution is 2.40. The van der Waals surface area contributed by atoms with Crippen molar-refractivity contribution in [3.05, 3.63) is 42.0 Å². The predicted octanol–water partition coefficient (Wildman–Crippen LogP) is 3.35. The average molecular weight is 428 g/mol. The van der Waals surface area contributed by atoms with Crippen molar-refractivity contribution in [3.63, 3.8) is 0 Å². The molecule has 1 aromatic heterocycles. The molecule has 0 unspecified atom stereocenters. The second-order valence-corrected chi connectivity index (χ2v) is 8.09. The van der Waals surface area contributed by atoms with Crippen LogP contribution in [0.4, 0.5) is 5.13 Å². The highest BCUT2D eigenvalue weighted by molar-refractivity contribution is 7.22. The van der Waals surface area contributed by atoms with E-state index >= 15 is 0 Å². The Labute approximate surface area is 179 Å². The van der Waals surface area contributed by atoms with Gasteiger partial charge in [-0.3, -0.25) is 4.79 Å². The lowest BCUT2D eigenvalue weighted by molar-refractivity contribution is -0.133. The second-order valence-electron chi connectivity index (χ2n) is 7.12. The van der Waals surface area contributed by atoms with Crippen LogP contribution < -0.4 is 19.1 Å². The standard InChI is InChI=1S/C22H25N3O4S/c1-15-5-4-6-16(13-15)29-14-19(26)24-9-11-25(12-10-24)22-23-20-17(27-2)7-8-18(28-3)21(20)30-22/h4-8,13H,9-12,14H2,1-3H3. The van der Waals surface area contributed by atoms with Gasteiger partial charge >= 0.3 is 0 Å². The summed E-state index contributed by atoms with van der Waals surface area (Å²) in [6.45, 7) is 4.78. The fourth-order valence-corrected chi connectivity index (χ4v) is 4.62. The third-order valence-electron chi connectivity index (χ3n) is 5.15. The van der Waals surface area contributed by atoms with Crippen molar-refractivity contribution in [2.24, 2.45) is 0 Å². The first-order chi connectivity index (χ1) is 14.6. The molecule has 0 bridgehead atoms. The summed E-state index contributed by atoms with van der Waals surface area (Å²) in [6, 6.07) is 11.5. The highest BCUT2D eigenvalue weighted by Gasteiger charge is 2.24. The number of rotatable bonds is 6. The van der Waals surface area contributed by atoms with Gasteiger partial charge in [-0.15, -0.1) is 0 Å². The summed E-state index contributed by atoms with van der Waals surface area (Å²) >= 11 is 1.58. The highest BCUT2D eigenvalue weighted by atomic mass is 32.1. The first-order valence-corrected chi connectivity index (χ1v) is 10.6. The number of amides is 1. The van der Waals surface area contributed by atoms with Gasteiger partial charge in [0.2, 0.25) is 0 Å². The third-order valence-corrected chi connectivity index (χ3v) is 6.28. The maximum atomic E-state index is 12.5. The van der Waals surface area contributed by atoms with Crippen LogP contribution in [0.25, 0.3) is 10.2 Å². The number of hydrogen-bond acceptors (Lipinski definition) is 7. The lowest BCUT2D eigenvalue weighted by atomic mass is 10.2. The summed E-state index contributed by atoms with van der Waals surface area (Å²) in [5, 5.41) is 0.913. The number of aromatic nitrogens is 1. The fraction of sp³-hybridized carbons (Fsp3) is 0.364. The van der Waals surface area contributed by atoms with E-state index in [0.717, 1.165) is 51.2 Å². The van der Waals surface area contributed by atoms with Gasteiger partial charge in [0.1, 0.15) is 27.5 Å². The van der Waals surface area contributed by atoms with E-state index in [1.54, 1.807) is 25.6 Å². The van der Waals surface area contributed by atoms with Crippen LogP contribution in [0.2, 0.25) is 0 Å². The number of ether oxygens (including phenoxy) is 3. The number of carbonyl (C=O) groups excluding carboxylic acids is 1. The Hall–Kier alpha value is -3.00. The molecule has 0 N–H and O–H groups in total. The quantitative estimate of drug-likeness (QED) is 0.601. The molecule has 8 heteroatoms. The van der Waals surface area contributed by atoms with Crippen molar-refractivity contribution in [3.8, 4) is 17.2 Å². The van der Waals surface area contributed by atoms with E-state index in [2.05, 4.69) is 4.90 Å². The number of thiazole rings is 1. The van der Waals surface area contributed by atoms with E-state index in [1.807, 2.05) is 48.2 Å². The topological polar surface area (TPSA) is 64.1 Å². The summed E-state index contributed by atoms with van der Waals surface area (Å²) < 4.78 is 17.6. The molecule has 1 saturated heterocycles. The van der Waals surface area contributed by atoms with Gasteiger partial charge in [-0.05, 0) is 36.8 Å². The van der Waals surface area contributed by atoms with Crippen LogP contribution in [0.5, 0.6) is 17.2 Å². The Balaban J connectivity index is 1.39. The monoisotopic (exact) mass is 427 g/mol. The summed E-state index contributed by atoms with van der Waals surface area (Å²) in [5.41, 5.74) is 1.92. The van der Waals surface area contributed by atoms with Crippen LogP contribution >= 0.6 is 11.3 Å². The molecule has 0 spiro atoms. The molecule has 2 aromatic carbocycles. The molecule has 4 rings (SSSR count). The molecule has 0 radical (unpaired) electrons. The van der Waals surface area contributed by atoms with Gasteiger partial charge in [0.25, 0.3) is 5.91 Å². The summed E-state index contributed by atoms with van der Waals surface area (Å²) in [4.78, 5) is 21.4. The number of carbonyl (C=O) groups is 1. The lowest BCUT2D eigenvalue weighted by Crippen LogP contribution is -2.50. The van der Waals surface area contributed by atoms with E-state index in [9.17, 15) is 4.79 Å². The smallest absolute Gasteiger partial charge is 0.260 e. The normalized spacial score (nSPS) is 14.1. The minimum Gasteiger partial charge on any atom is -0.495 e. The number of hydrogen-bond donors (Lipinski definition) is 0. The van der Waals surface area contributed by atoms with Crippen molar-refractivity contribution in [2.75, 3.05) is 51.9 Å². The van der Waals surface area contributed by atoms with Gasteiger partial charge in [-0.2, -0.15) is 0 Å². The predicted molar refractivity (Wildman–Crippen MR) is 118 cm³/mol. The SMILES string of the molecule is COc1ccc(OC)c2sc(N3CCN(C(=O)COc4cccc(C)c4)CC3)nc12. The van der Waals surface area contributed by atoms with Gasteiger partial charge in [0.15, 0.2) is 11.7 Å². The van der Waals surface area contributed by atoms with E-state index in [1.165, 1.54) is 0 Å². The summed E-state index contributed by atoms with van der Waals surface area (Å²) in [5.74, 6) is 2.25. The number of benzene rings is 2. The maximum Gasteiger partial charge on any atom is 0.260 e. The van der Waals surface area contributed by atoms with E-state index < -0.39 is 0 Å². The molecular formula is C22H25N3O4S. The largest absolute Gasteiger partial charge is 0.495 e. The lowest BCUT2D eigenvalue weighted by Gasteiger charge is -2.34. The van der Waals surface area contributed by atoms with E-state index in [0.29, 0.717) is 13.1 Å². The number of aryl methyl sites for hydroxylation is 1. The van der Waals surface area contributed by atoms with Gasteiger partial charge < -0.3 is 24.0 Å². The van der Waals surface area contributed by atoms with Crippen LogP contribution in [0, 0.1) is 6.92 Å². The average Bonchev–Trinajstić information content (AvgIpc) is 3.22. The van der Waals surface area contributed by atoms with Crippen molar-refractivity contribution >= 4 is 32.6 Å². The molecule has 0 aliphatic carbocycles. The molecule has 1 amide bonds. The van der Waals surface area contributed by atoms with Gasteiger partial charge in [0.05, 0.1) is 14.2 Å². The molecule has 158 valence electrons. The van der Waals surface area contributed by atoms with Crippen LogP contribution in [-0.4, -0.2) is 62.8 Å². The first-order valence-electron chi connectivity index (χ1n) is 9.82. The number of piperazine rings is 1.